The Balaban J connectivity index is 2.04. The zero-order valence-electron chi connectivity index (χ0n) is 7.43. The minimum absolute atomic E-state index is 0.255. The van der Waals surface area contributed by atoms with E-state index in [9.17, 15) is 9.59 Å². The van der Waals surface area contributed by atoms with Gasteiger partial charge in [-0.25, -0.2) is 4.79 Å². The van der Waals surface area contributed by atoms with Crippen LogP contribution in [0.2, 0.25) is 0 Å². The van der Waals surface area contributed by atoms with Crippen molar-refractivity contribution in [2.75, 3.05) is 13.2 Å². The molecule has 2 rings (SSSR count). The van der Waals surface area contributed by atoms with Crippen LogP contribution in [-0.4, -0.2) is 29.9 Å². The fourth-order valence-electron chi connectivity index (χ4n) is 1.28. The quantitative estimate of drug-likeness (QED) is 0.498. The smallest absolute Gasteiger partial charge is 0.397 e. The molecule has 0 spiro atoms. The molecule has 0 aromatic carbocycles. The molecular formula is C9H9NO4. The highest BCUT2D eigenvalue weighted by Gasteiger charge is 2.28. The Bertz CT molecular complexity index is 344. The zero-order chi connectivity index (χ0) is 9.97. The van der Waals surface area contributed by atoms with Crippen molar-refractivity contribution in [3.8, 4) is 0 Å². The molecule has 1 aliphatic heterocycles. The summed E-state index contributed by atoms with van der Waals surface area (Å²) < 4.78 is 9.65. The van der Waals surface area contributed by atoms with Gasteiger partial charge < -0.3 is 14.1 Å². The van der Waals surface area contributed by atoms with Crippen LogP contribution < -0.4 is 0 Å². The van der Waals surface area contributed by atoms with Crippen molar-refractivity contribution in [3.05, 3.63) is 24.2 Å². The van der Waals surface area contributed by atoms with Crippen LogP contribution in [0.3, 0.4) is 0 Å². The number of ether oxygens (including phenoxy) is 1. The van der Waals surface area contributed by atoms with E-state index >= 15 is 0 Å². The maximum atomic E-state index is 11.3. The van der Waals surface area contributed by atoms with Gasteiger partial charge in [-0.15, -0.1) is 0 Å². The number of morpholine rings is 1. The number of furan rings is 1. The van der Waals surface area contributed by atoms with Gasteiger partial charge in [0.25, 0.3) is 0 Å². The van der Waals surface area contributed by atoms with Crippen molar-refractivity contribution in [3.63, 3.8) is 0 Å². The first-order valence-electron chi connectivity index (χ1n) is 4.26. The van der Waals surface area contributed by atoms with Crippen LogP contribution in [0.4, 0.5) is 0 Å². The molecule has 0 radical (unpaired) electrons. The third kappa shape index (κ3) is 1.61. The topological polar surface area (TPSA) is 59.8 Å². The normalized spacial score (nSPS) is 17.0. The average molecular weight is 195 g/mol. The lowest BCUT2D eigenvalue weighted by molar-refractivity contribution is -0.166. The van der Waals surface area contributed by atoms with Gasteiger partial charge in [-0.05, 0) is 12.1 Å². The van der Waals surface area contributed by atoms with E-state index in [1.165, 1.54) is 11.2 Å². The van der Waals surface area contributed by atoms with Crippen LogP contribution >= 0.6 is 0 Å². The SMILES string of the molecule is O=C1OCCN(Cc2ccco2)C1=O. The molecule has 1 aromatic heterocycles. The summed E-state index contributed by atoms with van der Waals surface area (Å²) in [7, 11) is 0. The number of amides is 1. The molecule has 0 unspecified atom stereocenters. The van der Waals surface area contributed by atoms with E-state index in [0.29, 0.717) is 18.8 Å². The first kappa shape index (κ1) is 8.80. The van der Waals surface area contributed by atoms with Gasteiger partial charge in [0.1, 0.15) is 12.4 Å². The first-order chi connectivity index (χ1) is 6.77. The van der Waals surface area contributed by atoms with E-state index in [0.717, 1.165) is 0 Å². The van der Waals surface area contributed by atoms with E-state index in [1.54, 1.807) is 12.1 Å². The van der Waals surface area contributed by atoms with E-state index in [2.05, 4.69) is 4.74 Å². The summed E-state index contributed by atoms with van der Waals surface area (Å²) in [5.74, 6) is -0.733. The first-order valence-corrected chi connectivity index (χ1v) is 4.26. The average Bonchev–Trinajstić information content (AvgIpc) is 2.66. The summed E-state index contributed by atoms with van der Waals surface area (Å²) in [4.78, 5) is 23.6. The third-order valence-corrected chi connectivity index (χ3v) is 1.98. The Morgan fingerprint density at radius 3 is 3.00 bits per heavy atom. The van der Waals surface area contributed by atoms with Crippen molar-refractivity contribution in [2.45, 2.75) is 6.54 Å². The minimum Gasteiger partial charge on any atom is -0.467 e. The zero-order valence-corrected chi connectivity index (χ0v) is 7.43. The van der Waals surface area contributed by atoms with Crippen LogP contribution in [0.5, 0.6) is 0 Å². The number of cyclic esters (lactones) is 1. The van der Waals surface area contributed by atoms with E-state index < -0.39 is 11.9 Å². The van der Waals surface area contributed by atoms with Gasteiger partial charge in [0.05, 0.1) is 19.4 Å². The molecule has 5 nitrogen and oxygen atoms in total. The molecule has 14 heavy (non-hydrogen) atoms. The number of rotatable bonds is 2. The van der Waals surface area contributed by atoms with Gasteiger partial charge in [-0.3, -0.25) is 4.79 Å². The molecule has 74 valence electrons. The van der Waals surface area contributed by atoms with Gasteiger partial charge in [-0.1, -0.05) is 0 Å². The number of hydrogen-bond acceptors (Lipinski definition) is 4. The second-order valence-electron chi connectivity index (χ2n) is 2.94. The van der Waals surface area contributed by atoms with Crippen LogP contribution in [0.1, 0.15) is 5.76 Å². The second-order valence-corrected chi connectivity index (χ2v) is 2.94. The highest BCUT2D eigenvalue weighted by atomic mass is 16.5. The standard InChI is InChI=1S/C9H9NO4/c11-8-9(12)14-5-3-10(8)6-7-2-1-4-13-7/h1-2,4H,3,5-6H2. The molecule has 2 heterocycles. The Hall–Kier alpha value is -1.78. The van der Waals surface area contributed by atoms with Crippen LogP contribution in [0, 0.1) is 0 Å². The summed E-state index contributed by atoms with van der Waals surface area (Å²) in [6.07, 6.45) is 1.53. The maximum Gasteiger partial charge on any atom is 0.397 e. The van der Waals surface area contributed by atoms with Crippen molar-refractivity contribution < 1.29 is 18.7 Å². The summed E-state index contributed by atoms with van der Waals surface area (Å²) in [6, 6.07) is 3.50. The molecule has 0 saturated carbocycles. The van der Waals surface area contributed by atoms with Crippen molar-refractivity contribution in [2.24, 2.45) is 0 Å². The van der Waals surface area contributed by atoms with Crippen molar-refractivity contribution in [1.29, 1.82) is 0 Å². The fraction of sp³-hybridized carbons (Fsp3) is 0.333. The largest absolute Gasteiger partial charge is 0.467 e. The lowest BCUT2D eigenvalue weighted by Gasteiger charge is -2.24. The molecule has 0 atom stereocenters. The minimum atomic E-state index is -0.789. The van der Waals surface area contributed by atoms with Crippen LogP contribution in [0.15, 0.2) is 22.8 Å². The monoisotopic (exact) mass is 195 g/mol. The molecule has 1 fully saturated rings. The Morgan fingerprint density at radius 1 is 1.43 bits per heavy atom. The Morgan fingerprint density at radius 2 is 2.29 bits per heavy atom. The Labute approximate surface area is 80.2 Å². The summed E-state index contributed by atoms with van der Waals surface area (Å²) in [6.45, 7) is 0.998. The van der Waals surface area contributed by atoms with Crippen molar-refractivity contribution in [1.82, 2.24) is 4.90 Å². The highest BCUT2D eigenvalue weighted by molar-refractivity contribution is 6.32. The van der Waals surface area contributed by atoms with Crippen LogP contribution in [0.25, 0.3) is 0 Å². The highest BCUT2D eigenvalue weighted by Crippen LogP contribution is 2.08. The summed E-state index contributed by atoms with van der Waals surface area (Å²) in [5.41, 5.74) is 0. The fourth-order valence-corrected chi connectivity index (χ4v) is 1.28. The second kappa shape index (κ2) is 3.53. The number of nitrogens with zero attached hydrogens (tertiary/aromatic N) is 1. The predicted molar refractivity (Wildman–Crippen MR) is 45.1 cm³/mol. The molecular weight excluding hydrogens is 186 g/mol. The number of esters is 1. The molecule has 1 aliphatic rings. The molecule has 1 saturated heterocycles. The Kier molecular flexibility index (Phi) is 2.22. The van der Waals surface area contributed by atoms with Crippen molar-refractivity contribution >= 4 is 11.9 Å². The van der Waals surface area contributed by atoms with Gasteiger partial charge in [-0.2, -0.15) is 0 Å². The summed E-state index contributed by atoms with van der Waals surface area (Å²) in [5, 5.41) is 0. The lowest BCUT2D eigenvalue weighted by Crippen LogP contribution is -2.44. The molecule has 0 bridgehead atoms. The number of carbonyl (C=O) groups excluding carboxylic acids is 2. The molecule has 0 N–H and O–H groups in total. The van der Waals surface area contributed by atoms with Gasteiger partial charge >= 0.3 is 11.9 Å². The van der Waals surface area contributed by atoms with Gasteiger partial charge in [0, 0.05) is 0 Å². The van der Waals surface area contributed by atoms with Gasteiger partial charge in [0.15, 0.2) is 0 Å². The third-order valence-electron chi connectivity index (χ3n) is 1.98. The molecule has 1 aromatic rings. The van der Waals surface area contributed by atoms with E-state index in [-0.39, 0.29) is 6.61 Å². The van der Waals surface area contributed by atoms with E-state index in [1.807, 2.05) is 0 Å². The number of carbonyl (C=O) groups is 2. The lowest BCUT2D eigenvalue weighted by atomic mass is 10.3. The van der Waals surface area contributed by atoms with Crippen LogP contribution in [-0.2, 0) is 20.9 Å². The molecule has 0 aliphatic carbocycles. The molecule has 1 amide bonds. The van der Waals surface area contributed by atoms with Gasteiger partial charge in [0.2, 0.25) is 0 Å². The summed E-state index contributed by atoms with van der Waals surface area (Å²) >= 11 is 0. The predicted octanol–water partition coefficient (Wildman–Crippen LogP) is 0.165. The van der Waals surface area contributed by atoms with E-state index in [4.69, 9.17) is 4.42 Å². The molecule has 5 heteroatoms. The number of hydrogen-bond donors (Lipinski definition) is 0. The maximum absolute atomic E-state index is 11.3.